The average Bonchev–Trinajstić information content (AvgIpc) is 2.91. The fourth-order valence-corrected chi connectivity index (χ4v) is 3.56. The molecule has 0 atom stereocenters. The molecule has 23 heavy (non-hydrogen) atoms. The van der Waals surface area contributed by atoms with Crippen LogP contribution in [0.25, 0.3) is 0 Å². The zero-order valence-electron chi connectivity index (χ0n) is 13.6. The smallest absolute Gasteiger partial charge is 0.257 e. The molecule has 1 heterocycles. The van der Waals surface area contributed by atoms with Crippen LogP contribution in [0.3, 0.4) is 0 Å². The lowest BCUT2D eigenvalue weighted by molar-refractivity contribution is 0.0781. The second-order valence-electron chi connectivity index (χ2n) is 5.54. The van der Waals surface area contributed by atoms with Crippen molar-refractivity contribution in [1.82, 2.24) is 9.80 Å². The third-order valence-corrected chi connectivity index (χ3v) is 4.96. The Balaban J connectivity index is 2.05. The maximum Gasteiger partial charge on any atom is 0.257 e. The van der Waals surface area contributed by atoms with Crippen molar-refractivity contribution in [1.29, 1.82) is 0 Å². The molecule has 0 aliphatic carbocycles. The first-order chi connectivity index (χ1) is 11.0. The van der Waals surface area contributed by atoms with Crippen molar-refractivity contribution in [3.63, 3.8) is 0 Å². The molecule has 2 aromatic rings. The number of rotatable bonds is 7. The predicted octanol–water partition coefficient (Wildman–Crippen LogP) is 3.72. The van der Waals surface area contributed by atoms with Crippen molar-refractivity contribution in [3.05, 3.63) is 50.6 Å². The van der Waals surface area contributed by atoms with Crippen molar-refractivity contribution >= 4 is 33.2 Å². The summed E-state index contributed by atoms with van der Waals surface area (Å²) in [6, 6.07) is 9.44. The number of hydrogen-bond donors (Lipinski definition) is 0. The summed E-state index contributed by atoms with van der Waals surface area (Å²) < 4.78 is 6.83. The van der Waals surface area contributed by atoms with Gasteiger partial charge in [-0.2, -0.15) is 0 Å². The Hall–Kier alpha value is -1.37. The van der Waals surface area contributed by atoms with Crippen molar-refractivity contribution in [2.75, 3.05) is 34.3 Å². The van der Waals surface area contributed by atoms with E-state index in [0.717, 1.165) is 15.9 Å². The van der Waals surface area contributed by atoms with Gasteiger partial charge in [0.25, 0.3) is 5.91 Å². The van der Waals surface area contributed by atoms with Crippen LogP contribution in [0.15, 0.2) is 40.2 Å². The molecule has 1 aromatic heterocycles. The van der Waals surface area contributed by atoms with Gasteiger partial charge in [-0.25, -0.2) is 0 Å². The van der Waals surface area contributed by atoms with Crippen molar-refractivity contribution in [3.8, 4) is 5.75 Å². The first-order valence-corrected chi connectivity index (χ1v) is 8.99. The Morgan fingerprint density at radius 2 is 2.00 bits per heavy atom. The van der Waals surface area contributed by atoms with Gasteiger partial charge >= 0.3 is 0 Å². The fourth-order valence-electron chi connectivity index (χ4n) is 2.06. The SMILES string of the molecule is CN(C)CCOc1ccccc1C(=O)N(C)Cc1cc(Br)cs1. The molecule has 0 radical (unpaired) electrons. The number of halogens is 1. The van der Waals surface area contributed by atoms with E-state index in [2.05, 4.69) is 15.9 Å². The minimum atomic E-state index is -0.0324. The molecule has 0 bridgehead atoms. The van der Waals surface area contributed by atoms with Crippen molar-refractivity contribution < 1.29 is 9.53 Å². The first-order valence-electron chi connectivity index (χ1n) is 7.32. The number of amides is 1. The molecule has 0 N–H and O–H groups in total. The first kappa shape index (κ1) is 18.0. The third-order valence-electron chi connectivity index (χ3n) is 3.27. The van der Waals surface area contributed by atoms with Crippen LogP contribution in [0, 0.1) is 0 Å². The summed E-state index contributed by atoms with van der Waals surface area (Å²) in [6.07, 6.45) is 0. The Labute approximate surface area is 149 Å². The molecule has 1 amide bonds. The molecule has 0 unspecified atom stereocenters. The average molecular weight is 397 g/mol. The van der Waals surface area contributed by atoms with E-state index in [1.807, 2.05) is 61.8 Å². The number of carbonyl (C=O) groups is 1. The molecule has 6 heteroatoms. The number of hydrogen-bond acceptors (Lipinski definition) is 4. The van der Waals surface area contributed by atoms with E-state index in [-0.39, 0.29) is 5.91 Å². The molecule has 0 saturated heterocycles. The number of likely N-dealkylation sites (N-methyl/N-ethyl adjacent to an activating group) is 1. The number of nitrogens with zero attached hydrogens (tertiary/aromatic N) is 2. The van der Waals surface area contributed by atoms with E-state index >= 15 is 0 Å². The van der Waals surface area contributed by atoms with Crippen LogP contribution in [0.5, 0.6) is 5.75 Å². The lowest BCUT2D eigenvalue weighted by Gasteiger charge is -2.19. The largest absolute Gasteiger partial charge is 0.491 e. The van der Waals surface area contributed by atoms with E-state index in [0.29, 0.717) is 24.5 Å². The highest BCUT2D eigenvalue weighted by Crippen LogP contribution is 2.23. The van der Waals surface area contributed by atoms with Crippen molar-refractivity contribution in [2.45, 2.75) is 6.54 Å². The van der Waals surface area contributed by atoms with Gasteiger partial charge in [0.15, 0.2) is 0 Å². The van der Waals surface area contributed by atoms with Crippen LogP contribution >= 0.6 is 27.3 Å². The highest BCUT2D eigenvalue weighted by atomic mass is 79.9. The summed E-state index contributed by atoms with van der Waals surface area (Å²) >= 11 is 5.07. The number of thiophene rings is 1. The number of benzene rings is 1. The molecular formula is C17H21BrN2O2S. The minimum Gasteiger partial charge on any atom is -0.491 e. The molecule has 4 nitrogen and oxygen atoms in total. The van der Waals surface area contributed by atoms with Gasteiger partial charge in [0.2, 0.25) is 0 Å². The summed E-state index contributed by atoms with van der Waals surface area (Å²) in [5, 5.41) is 2.02. The van der Waals surface area contributed by atoms with Crippen LogP contribution in [0.2, 0.25) is 0 Å². The molecule has 0 aliphatic heterocycles. The number of ether oxygens (including phenoxy) is 1. The quantitative estimate of drug-likeness (QED) is 0.714. The van der Waals surface area contributed by atoms with E-state index < -0.39 is 0 Å². The standard InChI is InChI=1S/C17H21BrN2O2S/c1-19(2)8-9-22-16-7-5-4-6-15(16)17(21)20(3)11-14-10-13(18)12-23-14/h4-7,10,12H,8-9,11H2,1-3H3. The van der Waals surface area contributed by atoms with Crippen LogP contribution < -0.4 is 4.74 Å². The van der Waals surface area contributed by atoms with Gasteiger partial charge in [-0.3, -0.25) is 4.79 Å². The molecule has 0 spiro atoms. The topological polar surface area (TPSA) is 32.8 Å². The molecule has 0 fully saturated rings. The van der Waals surface area contributed by atoms with Gasteiger partial charge in [-0.15, -0.1) is 11.3 Å². The Bertz CT molecular complexity index is 658. The van der Waals surface area contributed by atoms with Gasteiger partial charge in [0, 0.05) is 28.3 Å². The Morgan fingerprint density at radius 1 is 1.26 bits per heavy atom. The minimum absolute atomic E-state index is 0.0324. The highest BCUT2D eigenvalue weighted by molar-refractivity contribution is 9.10. The monoisotopic (exact) mass is 396 g/mol. The molecule has 0 aliphatic rings. The Morgan fingerprint density at radius 3 is 2.65 bits per heavy atom. The molecule has 0 saturated carbocycles. The zero-order valence-corrected chi connectivity index (χ0v) is 16.0. The molecule has 2 rings (SSSR count). The summed E-state index contributed by atoms with van der Waals surface area (Å²) in [4.78, 5) is 17.6. The van der Waals surface area contributed by atoms with E-state index in [1.54, 1.807) is 16.2 Å². The van der Waals surface area contributed by atoms with Gasteiger partial charge < -0.3 is 14.5 Å². The second-order valence-corrected chi connectivity index (χ2v) is 7.45. The van der Waals surface area contributed by atoms with Gasteiger partial charge in [-0.1, -0.05) is 12.1 Å². The summed E-state index contributed by atoms with van der Waals surface area (Å²) in [5.41, 5.74) is 0.601. The molecule has 1 aromatic carbocycles. The normalized spacial score (nSPS) is 10.8. The summed E-state index contributed by atoms with van der Waals surface area (Å²) in [6.45, 7) is 1.95. The Kier molecular flexibility index (Phi) is 6.62. The van der Waals surface area contributed by atoms with Gasteiger partial charge in [0.05, 0.1) is 12.1 Å². The van der Waals surface area contributed by atoms with Crippen LogP contribution in [0.4, 0.5) is 0 Å². The lowest BCUT2D eigenvalue weighted by Crippen LogP contribution is -2.27. The maximum atomic E-state index is 12.7. The second kappa shape index (κ2) is 8.47. The van der Waals surface area contributed by atoms with Crippen LogP contribution in [-0.4, -0.2) is 50.0 Å². The predicted molar refractivity (Wildman–Crippen MR) is 98.3 cm³/mol. The highest BCUT2D eigenvalue weighted by Gasteiger charge is 2.17. The zero-order chi connectivity index (χ0) is 16.8. The van der Waals surface area contributed by atoms with E-state index in [4.69, 9.17) is 4.74 Å². The lowest BCUT2D eigenvalue weighted by atomic mass is 10.1. The number of carbonyl (C=O) groups excluding carboxylic acids is 1. The van der Waals surface area contributed by atoms with Crippen LogP contribution in [-0.2, 0) is 6.54 Å². The summed E-state index contributed by atoms with van der Waals surface area (Å²) in [7, 11) is 5.80. The molecular weight excluding hydrogens is 376 g/mol. The van der Waals surface area contributed by atoms with Gasteiger partial charge in [-0.05, 0) is 48.2 Å². The van der Waals surface area contributed by atoms with Crippen molar-refractivity contribution in [2.24, 2.45) is 0 Å². The van der Waals surface area contributed by atoms with Gasteiger partial charge in [0.1, 0.15) is 12.4 Å². The van der Waals surface area contributed by atoms with Crippen LogP contribution in [0.1, 0.15) is 15.2 Å². The maximum absolute atomic E-state index is 12.7. The fraction of sp³-hybridized carbons (Fsp3) is 0.353. The molecule has 124 valence electrons. The van der Waals surface area contributed by atoms with E-state index in [9.17, 15) is 4.79 Å². The number of para-hydroxylation sites is 1. The third kappa shape index (κ3) is 5.34. The van der Waals surface area contributed by atoms with E-state index in [1.165, 1.54) is 0 Å². The summed E-state index contributed by atoms with van der Waals surface area (Å²) in [5.74, 6) is 0.605.